The van der Waals surface area contributed by atoms with E-state index in [0.717, 1.165) is 16.2 Å². The van der Waals surface area contributed by atoms with E-state index in [-0.39, 0.29) is 23.7 Å². The molecule has 126 valence electrons. The van der Waals surface area contributed by atoms with E-state index in [2.05, 4.69) is 16.4 Å². The van der Waals surface area contributed by atoms with Gasteiger partial charge in [-0.05, 0) is 19.4 Å². The Bertz CT molecular complexity index is 653. The van der Waals surface area contributed by atoms with Crippen molar-refractivity contribution in [3.05, 3.63) is 16.0 Å². The van der Waals surface area contributed by atoms with Crippen LogP contribution >= 0.6 is 11.3 Å². The van der Waals surface area contributed by atoms with Gasteiger partial charge in [-0.2, -0.15) is 0 Å². The molecule has 0 unspecified atom stereocenters. The van der Waals surface area contributed by atoms with Crippen LogP contribution in [0.2, 0.25) is 0 Å². The first kappa shape index (κ1) is 17.4. The lowest BCUT2D eigenvalue weighted by molar-refractivity contribution is -0.364. The first-order valence-electron chi connectivity index (χ1n) is 7.13. The first-order valence-corrected chi connectivity index (χ1v) is 7.95. The Morgan fingerprint density at radius 2 is 2.04 bits per heavy atom. The van der Waals surface area contributed by atoms with Crippen LogP contribution in [0.25, 0.3) is 0 Å². The molecule has 2 amide bonds. The van der Waals surface area contributed by atoms with E-state index in [1.54, 1.807) is 0 Å². The molecule has 1 aliphatic heterocycles. The molecule has 9 heteroatoms. The Labute approximate surface area is 137 Å². The lowest BCUT2D eigenvalue weighted by Crippen LogP contribution is -2.55. The van der Waals surface area contributed by atoms with E-state index >= 15 is 0 Å². The van der Waals surface area contributed by atoms with Gasteiger partial charge in [0.05, 0.1) is 31.3 Å². The zero-order valence-electron chi connectivity index (χ0n) is 13.0. The summed E-state index contributed by atoms with van der Waals surface area (Å²) < 4.78 is 5.64. The molecule has 0 aromatic carbocycles. The molecule has 0 radical (unpaired) electrons. The normalized spacial score (nSPS) is 15.6. The number of carbonyl (C=O) groups is 3. The zero-order valence-corrected chi connectivity index (χ0v) is 13.8. The van der Waals surface area contributed by atoms with Crippen molar-refractivity contribution in [2.75, 3.05) is 18.4 Å². The number of nitrogens with one attached hydrogen (secondary N) is 2. The van der Waals surface area contributed by atoms with Crippen molar-refractivity contribution < 1.29 is 30.0 Å². The molecule has 23 heavy (non-hydrogen) atoms. The van der Waals surface area contributed by atoms with Crippen molar-refractivity contribution in [1.82, 2.24) is 5.32 Å². The Hall–Kier alpha value is -1.97. The van der Waals surface area contributed by atoms with Gasteiger partial charge in [-0.3, -0.25) is 9.59 Å². The number of ether oxygens (including phenoxy) is 1. The summed E-state index contributed by atoms with van der Waals surface area (Å²) in [6.45, 7) is 4.69. The number of hydrogen-bond acceptors (Lipinski definition) is 6. The van der Waals surface area contributed by atoms with Crippen LogP contribution in [0.3, 0.4) is 0 Å². The van der Waals surface area contributed by atoms with Crippen LogP contribution in [-0.2, 0) is 27.4 Å². The molecule has 0 spiro atoms. The number of hydrogen-bond donors (Lipinski definition) is 3. The maximum absolute atomic E-state index is 11.9. The Morgan fingerprint density at radius 3 is 2.65 bits per heavy atom. The summed E-state index contributed by atoms with van der Waals surface area (Å²) in [7, 11) is 0. The molecule has 0 bridgehead atoms. The molecule has 1 aromatic heterocycles. The number of anilines is 1. The first-order chi connectivity index (χ1) is 10.7. The number of carboxylic acids is 1. The third kappa shape index (κ3) is 3.87. The van der Waals surface area contributed by atoms with Crippen LogP contribution in [0, 0.1) is 0 Å². The van der Waals surface area contributed by atoms with Gasteiger partial charge in [0.2, 0.25) is 0 Å². The summed E-state index contributed by atoms with van der Waals surface area (Å²) in [5.74, 6) is -3.13. The number of amides is 2. The van der Waals surface area contributed by atoms with Crippen molar-refractivity contribution in [2.24, 2.45) is 0 Å². The van der Waals surface area contributed by atoms with Crippen molar-refractivity contribution in [1.29, 1.82) is 0 Å². The lowest BCUT2D eigenvalue weighted by atomic mass is 9.93. The molecule has 0 atom stereocenters. The van der Waals surface area contributed by atoms with Gasteiger partial charge in [-0.25, -0.2) is 0 Å². The quantitative estimate of drug-likeness (QED) is 0.559. The molecule has 5 N–H and O–H groups in total. The topological polar surface area (TPSA) is 135 Å². The van der Waals surface area contributed by atoms with Gasteiger partial charge in [0, 0.05) is 16.9 Å². The smallest absolute Gasteiger partial charge is 0.314 e. The molecule has 0 aliphatic carbocycles. The Kier molecular flexibility index (Phi) is 5.03. The molecule has 1 aromatic rings. The molecule has 8 nitrogen and oxygen atoms in total. The van der Waals surface area contributed by atoms with Crippen LogP contribution < -0.4 is 21.5 Å². The van der Waals surface area contributed by atoms with Gasteiger partial charge in [0.1, 0.15) is 5.00 Å². The summed E-state index contributed by atoms with van der Waals surface area (Å²) in [6.07, 6.45) is 0.395. The standard InChI is InChI=1S/C14H19N3O5S/c1-14(2)5-7-8(6-22-14)23-12(9(7)13(20)21)17-11(19)10(18)16-4-3-15/h3-6,15H2,1-2H3,(H,16,18)(H,17,19)(H,20,21). The van der Waals surface area contributed by atoms with Crippen molar-refractivity contribution in [3.63, 3.8) is 0 Å². The summed E-state index contributed by atoms with van der Waals surface area (Å²) in [5.41, 5.74) is 3.58. The maximum Gasteiger partial charge on any atom is 0.314 e. The van der Waals surface area contributed by atoms with Crippen LogP contribution in [0.4, 0.5) is 5.00 Å². The number of carbonyl (C=O) groups excluding carboxylic acids is 3. The molecule has 2 rings (SSSR count). The molecule has 0 saturated carbocycles. The van der Waals surface area contributed by atoms with Gasteiger partial charge < -0.3 is 31.0 Å². The number of carboxylic acid groups (broad SMARTS) is 1. The highest BCUT2D eigenvalue weighted by atomic mass is 32.1. The summed E-state index contributed by atoms with van der Waals surface area (Å²) in [4.78, 5) is 35.7. The predicted molar refractivity (Wildman–Crippen MR) is 80.6 cm³/mol. The second kappa shape index (κ2) is 6.65. The van der Waals surface area contributed by atoms with Gasteiger partial charge in [0.15, 0.2) is 0 Å². The number of fused-ring (bicyclic) bond motifs is 1. The fourth-order valence-corrected chi connectivity index (χ4v) is 3.41. The fraction of sp³-hybridized carbons (Fsp3) is 0.500. The number of thiophene rings is 1. The highest BCUT2D eigenvalue weighted by Crippen LogP contribution is 2.40. The minimum Gasteiger partial charge on any atom is -0.545 e. The molecule has 0 saturated heterocycles. The Morgan fingerprint density at radius 1 is 1.35 bits per heavy atom. The molecular formula is C14H19N3O5S. The highest BCUT2D eigenvalue weighted by molar-refractivity contribution is 7.17. The van der Waals surface area contributed by atoms with Crippen LogP contribution in [0.1, 0.15) is 34.6 Å². The minimum atomic E-state index is -1.38. The van der Waals surface area contributed by atoms with E-state index in [4.69, 9.17) is 4.74 Å². The fourth-order valence-electron chi connectivity index (χ4n) is 2.30. The van der Waals surface area contributed by atoms with E-state index in [1.165, 1.54) is 0 Å². The number of rotatable bonds is 4. The Balaban J connectivity index is 2.26. The average molecular weight is 341 g/mol. The zero-order chi connectivity index (χ0) is 17.2. The van der Waals surface area contributed by atoms with E-state index in [1.807, 2.05) is 13.8 Å². The molecule has 2 heterocycles. The van der Waals surface area contributed by atoms with Crippen molar-refractivity contribution >= 4 is 34.1 Å². The monoisotopic (exact) mass is 341 g/mol. The van der Waals surface area contributed by atoms with E-state index in [9.17, 15) is 19.5 Å². The SMILES string of the molecule is CC1(C)Cc2c(sc(NC(=O)C(=O)NCC[NH3+])c2C(=O)[O-])CO1. The van der Waals surface area contributed by atoms with Gasteiger partial charge >= 0.3 is 11.8 Å². The van der Waals surface area contributed by atoms with Gasteiger partial charge in [-0.15, -0.1) is 11.3 Å². The van der Waals surface area contributed by atoms with E-state index < -0.39 is 23.4 Å². The van der Waals surface area contributed by atoms with Crippen LogP contribution in [0.5, 0.6) is 0 Å². The van der Waals surface area contributed by atoms with Crippen LogP contribution in [-0.4, -0.2) is 36.5 Å². The number of quaternary nitrogens is 1. The molecule has 0 fully saturated rings. The second-order valence-electron chi connectivity index (χ2n) is 5.78. The predicted octanol–water partition coefficient (Wildman–Crippen LogP) is -1.74. The maximum atomic E-state index is 11.9. The largest absolute Gasteiger partial charge is 0.545 e. The summed E-state index contributed by atoms with van der Waals surface area (Å²) >= 11 is 1.09. The third-order valence-electron chi connectivity index (χ3n) is 3.39. The highest BCUT2D eigenvalue weighted by Gasteiger charge is 2.32. The molecular weight excluding hydrogens is 322 g/mol. The van der Waals surface area contributed by atoms with Gasteiger partial charge in [-0.1, -0.05) is 0 Å². The average Bonchev–Trinajstić information content (AvgIpc) is 2.80. The summed E-state index contributed by atoms with van der Waals surface area (Å²) in [5, 5.41) is 16.3. The second-order valence-corrected chi connectivity index (χ2v) is 6.89. The van der Waals surface area contributed by atoms with Gasteiger partial charge in [0.25, 0.3) is 0 Å². The summed E-state index contributed by atoms with van der Waals surface area (Å²) in [6, 6.07) is 0. The minimum absolute atomic E-state index is 0.0697. The van der Waals surface area contributed by atoms with Crippen molar-refractivity contribution in [3.8, 4) is 0 Å². The van der Waals surface area contributed by atoms with Crippen LogP contribution in [0.15, 0.2) is 0 Å². The van der Waals surface area contributed by atoms with E-state index in [0.29, 0.717) is 18.5 Å². The number of aromatic carboxylic acids is 1. The third-order valence-corrected chi connectivity index (χ3v) is 4.51. The molecule has 1 aliphatic rings. The lowest BCUT2D eigenvalue weighted by Gasteiger charge is -2.30. The van der Waals surface area contributed by atoms with Crippen molar-refractivity contribution in [2.45, 2.75) is 32.5 Å².